The predicted molar refractivity (Wildman–Crippen MR) is 79.6 cm³/mol. The summed E-state index contributed by atoms with van der Waals surface area (Å²) in [6, 6.07) is 6.91. The Labute approximate surface area is 123 Å². The van der Waals surface area contributed by atoms with Gasteiger partial charge in [0.1, 0.15) is 0 Å². The van der Waals surface area contributed by atoms with Gasteiger partial charge < -0.3 is 5.32 Å². The molecule has 0 bridgehead atoms. The van der Waals surface area contributed by atoms with E-state index in [1.165, 1.54) is 0 Å². The summed E-state index contributed by atoms with van der Waals surface area (Å²) in [5.41, 5.74) is 0. The molecule has 1 saturated heterocycles. The fraction of sp³-hybridized carbons (Fsp3) is 0.538. The first kappa shape index (κ1) is 15.0. The van der Waals surface area contributed by atoms with Crippen LogP contribution in [0.3, 0.4) is 0 Å². The van der Waals surface area contributed by atoms with Gasteiger partial charge in [-0.3, -0.25) is 0 Å². The molecule has 1 N–H and O–H groups in total. The maximum absolute atomic E-state index is 12.7. The van der Waals surface area contributed by atoms with Crippen LogP contribution >= 0.6 is 15.9 Å². The van der Waals surface area contributed by atoms with Crippen molar-refractivity contribution in [1.29, 1.82) is 0 Å². The van der Waals surface area contributed by atoms with Crippen molar-refractivity contribution < 1.29 is 8.42 Å². The van der Waals surface area contributed by atoms with Gasteiger partial charge in [-0.15, -0.1) is 0 Å². The van der Waals surface area contributed by atoms with Crippen LogP contribution in [0, 0.1) is 0 Å². The molecule has 1 heterocycles. The van der Waals surface area contributed by atoms with E-state index in [4.69, 9.17) is 0 Å². The predicted octanol–water partition coefficient (Wildman–Crippen LogP) is 2.21. The zero-order chi connectivity index (χ0) is 13.9. The Kier molecular flexibility index (Phi) is 5.00. The molecule has 0 aliphatic carbocycles. The zero-order valence-electron chi connectivity index (χ0n) is 11.0. The van der Waals surface area contributed by atoms with Crippen LogP contribution in [0.2, 0.25) is 0 Å². The van der Waals surface area contributed by atoms with Crippen molar-refractivity contribution >= 4 is 26.0 Å². The first-order chi connectivity index (χ1) is 9.05. The number of piperidine rings is 1. The minimum absolute atomic E-state index is 0.0624. The van der Waals surface area contributed by atoms with Crippen molar-refractivity contribution in [2.45, 2.75) is 30.2 Å². The Morgan fingerprint density at radius 3 is 2.63 bits per heavy atom. The second-order valence-electron chi connectivity index (χ2n) is 4.78. The number of halogens is 1. The Balaban J connectivity index is 2.28. The van der Waals surface area contributed by atoms with Crippen molar-refractivity contribution in [3.05, 3.63) is 28.7 Å². The molecule has 1 atom stereocenters. The van der Waals surface area contributed by atoms with E-state index in [9.17, 15) is 8.42 Å². The molecule has 1 fully saturated rings. The van der Waals surface area contributed by atoms with Crippen LogP contribution in [-0.2, 0) is 10.0 Å². The summed E-state index contributed by atoms with van der Waals surface area (Å²) in [7, 11) is -1.52. The third-order valence-corrected chi connectivity index (χ3v) is 5.93. The van der Waals surface area contributed by atoms with Crippen molar-refractivity contribution in [3.8, 4) is 0 Å². The Hall–Kier alpha value is -0.430. The SMILES string of the molecule is CNCC1CCCCN1S(=O)(=O)c1ccc(Br)cc1. The second kappa shape index (κ2) is 6.35. The fourth-order valence-electron chi connectivity index (χ4n) is 2.47. The van der Waals surface area contributed by atoms with Crippen LogP contribution in [0.15, 0.2) is 33.6 Å². The number of nitrogens with one attached hydrogen (secondary N) is 1. The Morgan fingerprint density at radius 2 is 2.00 bits per heavy atom. The highest BCUT2D eigenvalue weighted by Crippen LogP contribution is 2.25. The molecule has 1 aromatic carbocycles. The average Bonchev–Trinajstić information content (AvgIpc) is 2.40. The number of likely N-dealkylation sites (N-methyl/N-ethyl adjacent to an activating group) is 1. The van der Waals surface area contributed by atoms with Gasteiger partial charge in [-0.2, -0.15) is 4.31 Å². The van der Waals surface area contributed by atoms with Gasteiger partial charge in [0.2, 0.25) is 10.0 Å². The number of rotatable bonds is 4. The van der Waals surface area contributed by atoms with E-state index in [1.807, 2.05) is 7.05 Å². The van der Waals surface area contributed by atoms with Crippen molar-refractivity contribution in [2.75, 3.05) is 20.1 Å². The molecule has 0 saturated carbocycles. The molecule has 1 unspecified atom stereocenters. The lowest BCUT2D eigenvalue weighted by atomic mass is 10.1. The molecule has 1 aromatic rings. The third-order valence-electron chi connectivity index (χ3n) is 3.43. The highest BCUT2D eigenvalue weighted by atomic mass is 79.9. The summed E-state index contributed by atoms with van der Waals surface area (Å²) in [5.74, 6) is 0. The maximum atomic E-state index is 12.7. The van der Waals surface area contributed by atoms with Crippen molar-refractivity contribution in [1.82, 2.24) is 9.62 Å². The van der Waals surface area contributed by atoms with E-state index in [1.54, 1.807) is 28.6 Å². The number of hydrogen-bond acceptors (Lipinski definition) is 3. The highest BCUT2D eigenvalue weighted by Gasteiger charge is 2.32. The van der Waals surface area contributed by atoms with Gasteiger partial charge in [0.05, 0.1) is 4.90 Å². The highest BCUT2D eigenvalue weighted by molar-refractivity contribution is 9.10. The molecule has 0 radical (unpaired) electrons. The van der Waals surface area contributed by atoms with Crippen LogP contribution in [0.4, 0.5) is 0 Å². The van der Waals surface area contributed by atoms with Crippen LogP contribution in [-0.4, -0.2) is 38.9 Å². The lowest BCUT2D eigenvalue weighted by Crippen LogP contribution is -2.47. The molecule has 1 aliphatic heterocycles. The first-order valence-electron chi connectivity index (χ1n) is 6.47. The van der Waals surface area contributed by atoms with E-state index in [2.05, 4.69) is 21.2 Å². The lowest BCUT2D eigenvalue weighted by Gasteiger charge is -2.34. The van der Waals surface area contributed by atoms with E-state index in [0.717, 1.165) is 23.7 Å². The first-order valence-corrected chi connectivity index (χ1v) is 8.71. The lowest BCUT2D eigenvalue weighted by molar-refractivity contribution is 0.249. The van der Waals surface area contributed by atoms with Crippen molar-refractivity contribution in [3.63, 3.8) is 0 Å². The molecule has 4 nitrogen and oxygen atoms in total. The van der Waals surface area contributed by atoms with Crippen molar-refractivity contribution in [2.24, 2.45) is 0 Å². The van der Waals surface area contributed by atoms with E-state index in [-0.39, 0.29) is 6.04 Å². The summed E-state index contributed by atoms with van der Waals surface area (Å²) in [5, 5.41) is 3.09. The van der Waals surface area contributed by atoms with Gasteiger partial charge in [-0.25, -0.2) is 8.42 Å². The van der Waals surface area contributed by atoms with Crippen LogP contribution < -0.4 is 5.32 Å². The van der Waals surface area contributed by atoms with Gasteiger partial charge in [0.25, 0.3) is 0 Å². The van der Waals surface area contributed by atoms with Gasteiger partial charge in [0, 0.05) is 23.6 Å². The average molecular weight is 347 g/mol. The standard InChI is InChI=1S/C13H19BrN2O2S/c1-15-10-12-4-2-3-9-16(12)19(17,18)13-7-5-11(14)6-8-13/h5-8,12,15H,2-4,9-10H2,1H3. The summed E-state index contributed by atoms with van der Waals surface area (Å²) in [6.07, 6.45) is 2.96. The monoisotopic (exact) mass is 346 g/mol. The summed E-state index contributed by atoms with van der Waals surface area (Å²) < 4.78 is 27.9. The van der Waals surface area contributed by atoms with Gasteiger partial charge in [-0.1, -0.05) is 22.4 Å². The van der Waals surface area contributed by atoms with E-state index in [0.29, 0.717) is 18.0 Å². The molecule has 0 aromatic heterocycles. The largest absolute Gasteiger partial charge is 0.318 e. The molecule has 1 aliphatic rings. The number of sulfonamides is 1. The number of nitrogens with zero attached hydrogens (tertiary/aromatic N) is 1. The fourth-order valence-corrected chi connectivity index (χ4v) is 4.43. The van der Waals surface area contributed by atoms with Crippen LogP contribution in [0.25, 0.3) is 0 Å². The third kappa shape index (κ3) is 3.37. The van der Waals surface area contributed by atoms with Gasteiger partial charge in [-0.05, 0) is 44.2 Å². The molecule has 0 spiro atoms. The van der Waals surface area contributed by atoms with Crippen LogP contribution in [0.5, 0.6) is 0 Å². The maximum Gasteiger partial charge on any atom is 0.243 e. The summed E-state index contributed by atoms with van der Waals surface area (Å²) >= 11 is 3.33. The topological polar surface area (TPSA) is 49.4 Å². The van der Waals surface area contributed by atoms with Gasteiger partial charge in [0.15, 0.2) is 0 Å². The molecular formula is C13H19BrN2O2S. The Morgan fingerprint density at radius 1 is 1.32 bits per heavy atom. The molecule has 19 heavy (non-hydrogen) atoms. The van der Waals surface area contributed by atoms with E-state index < -0.39 is 10.0 Å². The molecule has 6 heteroatoms. The van der Waals surface area contributed by atoms with E-state index >= 15 is 0 Å². The number of benzene rings is 1. The number of hydrogen-bond donors (Lipinski definition) is 1. The second-order valence-corrected chi connectivity index (χ2v) is 7.58. The smallest absolute Gasteiger partial charge is 0.243 e. The Bertz CT molecular complexity index is 514. The summed E-state index contributed by atoms with van der Waals surface area (Å²) in [6.45, 7) is 1.32. The minimum Gasteiger partial charge on any atom is -0.318 e. The summed E-state index contributed by atoms with van der Waals surface area (Å²) in [4.78, 5) is 0.374. The minimum atomic E-state index is -3.38. The molecule has 2 rings (SSSR count). The quantitative estimate of drug-likeness (QED) is 0.909. The molecular weight excluding hydrogens is 328 g/mol. The molecule has 106 valence electrons. The normalized spacial score (nSPS) is 21.5. The van der Waals surface area contributed by atoms with Crippen LogP contribution in [0.1, 0.15) is 19.3 Å². The molecule has 0 amide bonds. The van der Waals surface area contributed by atoms with Gasteiger partial charge >= 0.3 is 0 Å². The zero-order valence-corrected chi connectivity index (χ0v) is 13.4.